The summed E-state index contributed by atoms with van der Waals surface area (Å²) in [5, 5.41) is 3.22. The first-order valence-electron chi connectivity index (χ1n) is 7.99. The molecular weight excluding hydrogens is 312 g/mol. The van der Waals surface area contributed by atoms with Crippen molar-refractivity contribution in [3.05, 3.63) is 28.2 Å². The smallest absolute Gasteiger partial charge is 0.0513 e. The molecule has 2 aliphatic rings. The normalized spacial score (nSPS) is 26.4. The van der Waals surface area contributed by atoms with Gasteiger partial charge in [0.15, 0.2) is 0 Å². The van der Waals surface area contributed by atoms with Gasteiger partial charge >= 0.3 is 0 Å². The van der Waals surface area contributed by atoms with Crippen LogP contribution in [0.5, 0.6) is 0 Å². The molecule has 0 aromatic heterocycles. The lowest BCUT2D eigenvalue weighted by molar-refractivity contribution is 0.243. The van der Waals surface area contributed by atoms with Crippen LogP contribution in [0.25, 0.3) is 0 Å². The topological polar surface area (TPSA) is 15.3 Å². The van der Waals surface area contributed by atoms with E-state index in [-0.39, 0.29) is 0 Å². The number of nitrogens with one attached hydrogen (secondary N) is 1. The fraction of sp³-hybridized carbons (Fsp3) is 0.647. The number of benzene rings is 1. The molecule has 1 saturated heterocycles. The second-order valence-corrected chi connectivity index (χ2v) is 7.12. The highest BCUT2D eigenvalue weighted by molar-refractivity contribution is 9.10. The maximum absolute atomic E-state index is 3.80. The average molecular weight is 337 g/mol. The van der Waals surface area contributed by atoms with Crippen LogP contribution in [0.3, 0.4) is 0 Å². The summed E-state index contributed by atoms with van der Waals surface area (Å²) in [5.41, 5.74) is 2.75. The molecule has 1 heterocycles. The number of anilines is 1. The first kappa shape index (κ1) is 14.4. The number of nitrogens with zero attached hydrogens (tertiary/aromatic N) is 1. The van der Waals surface area contributed by atoms with Crippen LogP contribution < -0.4 is 10.2 Å². The number of fused-ring (bicyclic) bond motifs is 1. The fourth-order valence-electron chi connectivity index (χ4n) is 4.02. The van der Waals surface area contributed by atoms with Gasteiger partial charge in [0.05, 0.1) is 5.69 Å². The van der Waals surface area contributed by atoms with Crippen molar-refractivity contribution in [3.63, 3.8) is 0 Å². The summed E-state index contributed by atoms with van der Waals surface area (Å²) in [4.78, 5) is 2.68. The van der Waals surface area contributed by atoms with Crippen molar-refractivity contribution in [2.24, 2.45) is 5.92 Å². The number of halogens is 1. The third kappa shape index (κ3) is 2.89. The van der Waals surface area contributed by atoms with Crippen molar-refractivity contribution in [1.82, 2.24) is 5.32 Å². The highest BCUT2D eigenvalue weighted by Gasteiger charge is 2.33. The molecule has 1 N–H and O–H groups in total. The molecule has 1 aliphatic heterocycles. The van der Waals surface area contributed by atoms with Crippen LogP contribution in [0.15, 0.2) is 22.7 Å². The van der Waals surface area contributed by atoms with Crippen molar-refractivity contribution in [2.75, 3.05) is 18.5 Å². The van der Waals surface area contributed by atoms with Crippen LogP contribution in [-0.2, 0) is 6.54 Å². The standard InChI is InChI=1S/C17H25BrN2/c1-19-12-13-8-9-17(15(18)11-13)20-10-4-6-14-5-2-3-7-16(14)20/h8-9,11,14,16,19H,2-7,10,12H2,1H3. The molecule has 1 aromatic rings. The van der Waals surface area contributed by atoms with Crippen LogP contribution in [0.1, 0.15) is 44.1 Å². The Morgan fingerprint density at radius 3 is 2.80 bits per heavy atom. The minimum Gasteiger partial charge on any atom is -0.367 e. The molecule has 3 heteroatoms. The first-order valence-corrected chi connectivity index (χ1v) is 8.78. The molecule has 20 heavy (non-hydrogen) atoms. The zero-order valence-electron chi connectivity index (χ0n) is 12.4. The Bertz CT molecular complexity index is 458. The molecule has 1 aromatic carbocycles. The third-order valence-corrected chi connectivity index (χ3v) is 5.58. The zero-order valence-corrected chi connectivity index (χ0v) is 14.0. The van der Waals surface area contributed by atoms with Crippen LogP contribution in [-0.4, -0.2) is 19.6 Å². The quantitative estimate of drug-likeness (QED) is 0.883. The zero-order chi connectivity index (χ0) is 13.9. The van der Waals surface area contributed by atoms with Crippen LogP contribution >= 0.6 is 15.9 Å². The third-order valence-electron chi connectivity index (χ3n) is 4.95. The van der Waals surface area contributed by atoms with Crippen molar-refractivity contribution < 1.29 is 0 Å². The van der Waals surface area contributed by atoms with Gasteiger partial charge in [0.25, 0.3) is 0 Å². The van der Waals surface area contributed by atoms with Crippen LogP contribution in [0.2, 0.25) is 0 Å². The molecule has 0 bridgehead atoms. The summed E-state index contributed by atoms with van der Waals surface area (Å²) in [6, 6.07) is 7.64. The molecule has 0 spiro atoms. The predicted octanol–water partition coefficient (Wildman–Crippen LogP) is 4.33. The van der Waals surface area contributed by atoms with E-state index < -0.39 is 0 Å². The van der Waals surface area contributed by atoms with Crippen molar-refractivity contribution in [3.8, 4) is 0 Å². The van der Waals surface area contributed by atoms with Crippen LogP contribution in [0.4, 0.5) is 5.69 Å². The van der Waals surface area contributed by atoms with Gasteiger partial charge in [0, 0.05) is 23.6 Å². The highest BCUT2D eigenvalue weighted by atomic mass is 79.9. The minimum absolute atomic E-state index is 0.781. The van der Waals surface area contributed by atoms with E-state index >= 15 is 0 Å². The number of hydrogen-bond donors (Lipinski definition) is 1. The number of rotatable bonds is 3. The summed E-state index contributed by atoms with van der Waals surface area (Å²) < 4.78 is 1.26. The molecule has 1 aliphatic carbocycles. The van der Waals surface area contributed by atoms with E-state index in [0.29, 0.717) is 0 Å². The minimum atomic E-state index is 0.781. The van der Waals surface area contributed by atoms with Crippen molar-refractivity contribution >= 4 is 21.6 Å². The Morgan fingerprint density at radius 2 is 2.00 bits per heavy atom. The molecule has 0 radical (unpaired) electrons. The van der Waals surface area contributed by atoms with E-state index in [2.05, 4.69) is 44.3 Å². The molecular formula is C17H25BrN2. The first-order chi connectivity index (χ1) is 9.79. The lowest BCUT2D eigenvalue weighted by Crippen LogP contribution is -2.47. The monoisotopic (exact) mass is 336 g/mol. The molecule has 2 atom stereocenters. The Morgan fingerprint density at radius 1 is 1.20 bits per heavy atom. The SMILES string of the molecule is CNCc1ccc(N2CCCC3CCCCC32)c(Br)c1. The summed E-state index contributed by atoms with van der Waals surface area (Å²) in [5.74, 6) is 0.932. The summed E-state index contributed by atoms with van der Waals surface area (Å²) in [6.07, 6.45) is 8.47. The van der Waals surface area contributed by atoms with Gasteiger partial charge in [-0.05, 0) is 72.3 Å². The van der Waals surface area contributed by atoms with E-state index in [0.717, 1.165) is 18.5 Å². The lowest BCUT2D eigenvalue weighted by atomic mass is 9.78. The van der Waals surface area contributed by atoms with Gasteiger partial charge < -0.3 is 10.2 Å². The summed E-state index contributed by atoms with van der Waals surface area (Å²) >= 11 is 3.80. The Kier molecular flexibility index (Phi) is 4.67. The molecule has 0 amide bonds. The second-order valence-electron chi connectivity index (χ2n) is 6.26. The van der Waals surface area contributed by atoms with E-state index in [1.54, 1.807) is 0 Å². The van der Waals surface area contributed by atoms with Crippen molar-refractivity contribution in [1.29, 1.82) is 0 Å². The lowest BCUT2D eigenvalue weighted by Gasteiger charge is -2.45. The number of piperidine rings is 1. The van der Waals surface area contributed by atoms with Gasteiger partial charge in [0.2, 0.25) is 0 Å². The van der Waals surface area contributed by atoms with Gasteiger partial charge in [-0.15, -0.1) is 0 Å². The van der Waals surface area contributed by atoms with E-state index in [1.807, 2.05) is 7.05 Å². The van der Waals surface area contributed by atoms with E-state index in [9.17, 15) is 0 Å². The maximum Gasteiger partial charge on any atom is 0.0513 e. The Labute approximate surface area is 131 Å². The van der Waals surface area contributed by atoms with E-state index in [4.69, 9.17) is 0 Å². The maximum atomic E-state index is 3.80. The number of hydrogen-bond acceptors (Lipinski definition) is 2. The van der Waals surface area contributed by atoms with Crippen molar-refractivity contribution in [2.45, 2.75) is 51.1 Å². The van der Waals surface area contributed by atoms with Gasteiger partial charge in [-0.25, -0.2) is 0 Å². The van der Waals surface area contributed by atoms with Gasteiger partial charge in [-0.2, -0.15) is 0 Å². The molecule has 2 unspecified atom stereocenters. The fourth-order valence-corrected chi connectivity index (χ4v) is 4.68. The van der Waals surface area contributed by atoms with E-state index in [1.165, 1.54) is 60.8 Å². The average Bonchev–Trinajstić information content (AvgIpc) is 2.47. The predicted molar refractivity (Wildman–Crippen MR) is 89.2 cm³/mol. The van der Waals surface area contributed by atoms with Gasteiger partial charge in [0.1, 0.15) is 0 Å². The summed E-state index contributed by atoms with van der Waals surface area (Å²) in [7, 11) is 2.00. The molecule has 2 fully saturated rings. The Hall–Kier alpha value is -0.540. The largest absolute Gasteiger partial charge is 0.367 e. The summed E-state index contributed by atoms with van der Waals surface area (Å²) in [6.45, 7) is 2.16. The molecule has 3 rings (SSSR count). The second kappa shape index (κ2) is 6.48. The molecule has 1 saturated carbocycles. The van der Waals surface area contributed by atoms with Crippen LogP contribution in [0, 0.1) is 5.92 Å². The molecule has 110 valence electrons. The van der Waals surface area contributed by atoms with Gasteiger partial charge in [-0.1, -0.05) is 18.9 Å². The van der Waals surface area contributed by atoms with Gasteiger partial charge in [-0.3, -0.25) is 0 Å². The highest BCUT2D eigenvalue weighted by Crippen LogP contribution is 2.40. The molecule has 2 nitrogen and oxygen atoms in total. The Balaban J connectivity index is 1.83.